The molecule has 4 heteroatoms. The van der Waals surface area contributed by atoms with Crippen LogP contribution in [0.2, 0.25) is 0 Å². The molecule has 0 bridgehead atoms. The van der Waals surface area contributed by atoms with Gasteiger partial charge < -0.3 is 15.4 Å². The standard InChI is InChI=1S/C19H22N2O2/c1-23-18-12-14(13-20)9-10-16(18)19(22)21-11-5-4-7-15-6-2-3-8-17(15)21/h2-3,6,8-10,12H,4-5,7,11,13,20H2,1H3. The highest BCUT2D eigenvalue weighted by Crippen LogP contribution is 2.30. The molecule has 0 saturated heterocycles. The normalized spacial score (nSPS) is 14.1. The third kappa shape index (κ3) is 3.08. The molecule has 0 aliphatic carbocycles. The van der Waals surface area contributed by atoms with E-state index in [-0.39, 0.29) is 5.91 Å². The van der Waals surface area contributed by atoms with E-state index < -0.39 is 0 Å². The minimum atomic E-state index is -0.0141. The number of para-hydroxylation sites is 1. The maximum absolute atomic E-state index is 13.1. The summed E-state index contributed by atoms with van der Waals surface area (Å²) >= 11 is 0. The van der Waals surface area contributed by atoms with Gasteiger partial charge in [0.15, 0.2) is 0 Å². The molecule has 1 aliphatic rings. The summed E-state index contributed by atoms with van der Waals surface area (Å²) in [7, 11) is 1.59. The summed E-state index contributed by atoms with van der Waals surface area (Å²) in [5.74, 6) is 0.569. The van der Waals surface area contributed by atoms with Gasteiger partial charge in [0.05, 0.1) is 12.7 Å². The topological polar surface area (TPSA) is 55.6 Å². The first-order chi connectivity index (χ1) is 11.2. The van der Waals surface area contributed by atoms with Gasteiger partial charge in [-0.1, -0.05) is 24.3 Å². The lowest BCUT2D eigenvalue weighted by molar-refractivity contribution is 0.0984. The number of amides is 1. The summed E-state index contributed by atoms with van der Waals surface area (Å²) in [6, 6.07) is 13.7. The van der Waals surface area contributed by atoms with Crippen LogP contribution in [0.1, 0.15) is 34.3 Å². The van der Waals surface area contributed by atoms with E-state index in [2.05, 4.69) is 6.07 Å². The van der Waals surface area contributed by atoms with E-state index in [0.717, 1.165) is 37.1 Å². The fourth-order valence-corrected chi connectivity index (χ4v) is 3.09. The lowest BCUT2D eigenvalue weighted by Gasteiger charge is -2.24. The molecule has 120 valence electrons. The molecular formula is C19H22N2O2. The van der Waals surface area contributed by atoms with Crippen LogP contribution in [0, 0.1) is 0 Å². The minimum Gasteiger partial charge on any atom is -0.496 e. The Hall–Kier alpha value is -2.33. The van der Waals surface area contributed by atoms with E-state index in [0.29, 0.717) is 17.9 Å². The third-order valence-electron chi connectivity index (χ3n) is 4.34. The number of ether oxygens (including phenoxy) is 1. The zero-order chi connectivity index (χ0) is 16.2. The third-order valence-corrected chi connectivity index (χ3v) is 4.34. The summed E-state index contributed by atoms with van der Waals surface area (Å²) < 4.78 is 5.42. The predicted molar refractivity (Wildman–Crippen MR) is 91.9 cm³/mol. The van der Waals surface area contributed by atoms with Crippen LogP contribution < -0.4 is 15.4 Å². The molecule has 0 saturated carbocycles. The molecule has 0 fully saturated rings. The average molecular weight is 310 g/mol. The van der Waals surface area contributed by atoms with Gasteiger partial charge in [-0.15, -0.1) is 0 Å². The number of nitrogens with zero attached hydrogens (tertiary/aromatic N) is 1. The van der Waals surface area contributed by atoms with Gasteiger partial charge in [0.2, 0.25) is 0 Å². The molecule has 0 radical (unpaired) electrons. The highest BCUT2D eigenvalue weighted by molar-refractivity contribution is 6.08. The van der Waals surface area contributed by atoms with Gasteiger partial charge in [0.25, 0.3) is 5.91 Å². The first-order valence-corrected chi connectivity index (χ1v) is 8.01. The highest BCUT2D eigenvalue weighted by atomic mass is 16.5. The van der Waals surface area contributed by atoms with Crippen LogP contribution in [0.15, 0.2) is 42.5 Å². The second-order valence-electron chi connectivity index (χ2n) is 5.78. The molecule has 1 heterocycles. The van der Waals surface area contributed by atoms with Crippen LogP contribution in [-0.4, -0.2) is 19.6 Å². The Morgan fingerprint density at radius 3 is 2.83 bits per heavy atom. The summed E-state index contributed by atoms with van der Waals surface area (Å²) in [6.07, 6.45) is 3.12. The zero-order valence-electron chi connectivity index (χ0n) is 13.4. The zero-order valence-corrected chi connectivity index (χ0v) is 13.4. The molecule has 0 unspecified atom stereocenters. The number of methoxy groups -OCH3 is 1. The fraction of sp³-hybridized carbons (Fsp3) is 0.316. The average Bonchev–Trinajstić information content (AvgIpc) is 2.83. The van der Waals surface area contributed by atoms with Gasteiger partial charge in [-0.3, -0.25) is 4.79 Å². The molecule has 0 spiro atoms. The number of rotatable bonds is 3. The van der Waals surface area contributed by atoms with Crippen molar-refractivity contribution < 1.29 is 9.53 Å². The van der Waals surface area contributed by atoms with Gasteiger partial charge in [-0.25, -0.2) is 0 Å². The maximum Gasteiger partial charge on any atom is 0.262 e. The quantitative estimate of drug-likeness (QED) is 0.947. The van der Waals surface area contributed by atoms with Crippen molar-refractivity contribution in [1.29, 1.82) is 0 Å². The Kier molecular flexibility index (Phi) is 4.63. The van der Waals surface area contributed by atoms with E-state index in [1.165, 1.54) is 5.56 Å². The van der Waals surface area contributed by atoms with E-state index >= 15 is 0 Å². The molecular weight excluding hydrogens is 288 g/mol. The molecule has 1 aliphatic heterocycles. The number of anilines is 1. The Morgan fingerprint density at radius 2 is 2.04 bits per heavy atom. The van der Waals surface area contributed by atoms with Crippen LogP contribution in [0.25, 0.3) is 0 Å². The summed E-state index contributed by atoms with van der Waals surface area (Å²) in [5, 5.41) is 0. The number of benzene rings is 2. The Bertz CT molecular complexity index is 712. The summed E-state index contributed by atoms with van der Waals surface area (Å²) in [5.41, 5.74) is 9.46. The molecule has 4 nitrogen and oxygen atoms in total. The molecule has 0 aromatic heterocycles. The SMILES string of the molecule is COc1cc(CN)ccc1C(=O)N1CCCCc2ccccc21. The Balaban J connectivity index is 2.00. The largest absolute Gasteiger partial charge is 0.496 e. The van der Waals surface area contributed by atoms with Crippen molar-refractivity contribution in [1.82, 2.24) is 0 Å². The van der Waals surface area contributed by atoms with E-state index in [1.54, 1.807) is 7.11 Å². The van der Waals surface area contributed by atoms with Crippen molar-refractivity contribution in [2.24, 2.45) is 5.73 Å². The molecule has 2 aromatic carbocycles. The van der Waals surface area contributed by atoms with Crippen molar-refractivity contribution in [3.05, 3.63) is 59.2 Å². The Morgan fingerprint density at radius 1 is 1.22 bits per heavy atom. The summed E-state index contributed by atoms with van der Waals surface area (Å²) in [6.45, 7) is 1.16. The van der Waals surface area contributed by atoms with Crippen LogP contribution in [0.3, 0.4) is 0 Å². The fourth-order valence-electron chi connectivity index (χ4n) is 3.09. The molecule has 2 aromatic rings. The summed E-state index contributed by atoms with van der Waals surface area (Å²) in [4.78, 5) is 15.0. The van der Waals surface area contributed by atoms with Crippen LogP contribution in [0.5, 0.6) is 5.75 Å². The number of carbonyl (C=O) groups is 1. The number of nitrogens with two attached hydrogens (primary N) is 1. The van der Waals surface area contributed by atoms with Crippen molar-refractivity contribution >= 4 is 11.6 Å². The van der Waals surface area contributed by atoms with Crippen molar-refractivity contribution in [2.45, 2.75) is 25.8 Å². The lowest BCUT2D eigenvalue weighted by atomic mass is 10.1. The van der Waals surface area contributed by atoms with Crippen LogP contribution in [-0.2, 0) is 13.0 Å². The number of hydrogen-bond acceptors (Lipinski definition) is 3. The number of fused-ring (bicyclic) bond motifs is 1. The maximum atomic E-state index is 13.1. The van der Waals surface area contributed by atoms with E-state index in [9.17, 15) is 4.79 Å². The second kappa shape index (κ2) is 6.84. The van der Waals surface area contributed by atoms with Crippen LogP contribution >= 0.6 is 0 Å². The highest BCUT2D eigenvalue weighted by Gasteiger charge is 2.24. The van der Waals surface area contributed by atoms with E-state index in [1.807, 2.05) is 41.3 Å². The molecule has 3 rings (SSSR count). The number of aryl methyl sites for hydroxylation is 1. The smallest absolute Gasteiger partial charge is 0.262 e. The van der Waals surface area contributed by atoms with Crippen molar-refractivity contribution in [3.63, 3.8) is 0 Å². The van der Waals surface area contributed by atoms with Gasteiger partial charge in [0.1, 0.15) is 5.75 Å². The van der Waals surface area contributed by atoms with Gasteiger partial charge in [-0.2, -0.15) is 0 Å². The van der Waals surface area contributed by atoms with E-state index in [4.69, 9.17) is 10.5 Å². The monoisotopic (exact) mass is 310 g/mol. The first-order valence-electron chi connectivity index (χ1n) is 8.01. The lowest BCUT2D eigenvalue weighted by Crippen LogP contribution is -2.32. The number of carbonyl (C=O) groups excluding carboxylic acids is 1. The van der Waals surface area contributed by atoms with Crippen molar-refractivity contribution in [3.8, 4) is 5.75 Å². The number of hydrogen-bond donors (Lipinski definition) is 1. The predicted octanol–water partition coefficient (Wildman–Crippen LogP) is 3.14. The molecule has 2 N–H and O–H groups in total. The minimum absolute atomic E-state index is 0.0141. The molecule has 23 heavy (non-hydrogen) atoms. The Labute approximate surface area is 136 Å². The second-order valence-corrected chi connectivity index (χ2v) is 5.78. The molecule has 1 amide bonds. The molecule has 0 atom stereocenters. The van der Waals surface area contributed by atoms with Gasteiger partial charge in [0, 0.05) is 18.8 Å². The van der Waals surface area contributed by atoms with Gasteiger partial charge in [-0.05, 0) is 48.6 Å². The van der Waals surface area contributed by atoms with Gasteiger partial charge >= 0.3 is 0 Å². The first kappa shape index (κ1) is 15.6. The van der Waals surface area contributed by atoms with Crippen LogP contribution in [0.4, 0.5) is 5.69 Å². The van der Waals surface area contributed by atoms with Crippen molar-refractivity contribution in [2.75, 3.05) is 18.6 Å².